The van der Waals surface area contributed by atoms with E-state index in [2.05, 4.69) is 17.3 Å². The Morgan fingerprint density at radius 1 is 1.15 bits per heavy atom. The molecule has 1 aromatic rings. The molecule has 1 amide bonds. The van der Waals surface area contributed by atoms with Gasteiger partial charge in [-0.05, 0) is 32.0 Å². The molecule has 1 saturated heterocycles. The summed E-state index contributed by atoms with van der Waals surface area (Å²) in [5.41, 5.74) is 2.98. The fourth-order valence-corrected chi connectivity index (χ4v) is 2.57. The monoisotopic (exact) mass is 291 g/mol. The zero-order valence-electron chi connectivity index (χ0n) is 12.3. The molecule has 0 atom stereocenters. The van der Waals surface area contributed by atoms with Crippen molar-refractivity contribution in [1.82, 2.24) is 9.80 Å². The molecule has 0 aromatic heterocycles. The normalized spacial score (nSPS) is 16.1. The van der Waals surface area contributed by atoms with Crippen LogP contribution < -0.4 is 5.32 Å². The average molecular weight is 291 g/mol. The molecule has 20 heavy (non-hydrogen) atoms. The molecule has 2 rings (SSSR count). The van der Waals surface area contributed by atoms with Crippen LogP contribution in [0.5, 0.6) is 0 Å². The van der Waals surface area contributed by atoms with E-state index < -0.39 is 0 Å². The van der Waals surface area contributed by atoms with E-state index in [9.17, 15) is 4.79 Å². The smallest absolute Gasteiger partial charge is 0.283 e. The number of carbonyl (C=O) groups is 1. The third kappa shape index (κ3) is 3.35. The Hall–Kier alpha value is -1.46. The largest absolute Gasteiger partial charge is 0.356 e. The number of thiocarbonyl (C=S) groups is 1. The van der Waals surface area contributed by atoms with E-state index in [0.717, 1.165) is 43.0 Å². The lowest BCUT2D eigenvalue weighted by Gasteiger charge is -2.33. The minimum absolute atomic E-state index is 0.179. The summed E-state index contributed by atoms with van der Waals surface area (Å²) in [6, 6.07) is 5.96. The van der Waals surface area contributed by atoms with Crippen LogP contribution in [0.15, 0.2) is 18.2 Å². The predicted octanol–water partition coefficient (Wildman–Crippen LogP) is 1.82. The summed E-state index contributed by atoms with van der Waals surface area (Å²) in [7, 11) is 2.08. The molecule has 0 bridgehead atoms. The van der Waals surface area contributed by atoms with Crippen molar-refractivity contribution >= 4 is 28.8 Å². The molecule has 1 aromatic carbocycles. The highest BCUT2D eigenvalue weighted by molar-refractivity contribution is 7.82. The highest BCUT2D eigenvalue weighted by atomic mass is 32.1. The Bertz CT molecular complexity index is 502. The molecule has 0 saturated carbocycles. The number of aryl methyl sites for hydroxylation is 2. The van der Waals surface area contributed by atoms with Crippen LogP contribution in [-0.4, -0.2) is 53.9 Å². The second-order valence-electron chi connectivity index (χ2n) is 5.32. The molecule has 0 aliphatic carbocycles. The molecular weight excluding hydrogens is 270 g/mol. The van der Waals surface area contributed by atoms with Gasteiger partial charge >= 0.3 is 0 Å². The van der Waals surface area contributed by atoms with E-state index >= 15 is 0 Å². The number of likely N-dealkylation sites (N-methyl/N-ethyl adjacent to an activating group) is 1. The van der Waals surface area contributed by atoms with Gasteiger partial charge in [-0.3, -0.25) is 4.79 Å². The van der Waals surface area contributed by atoms with Crippen molar-refractivity contribution < 1.29 is 4.79 Å². The first-order valence-corrected chi connectivity index (χ1v) is 7.25. The van der Waals surface area contributed by atoms with Gasteiger partial charge in [0.15, 0.2) is 4.99 Å². The topological polar surface area (TPSA) is 35.6 Å². The zero-order chi connectivity index (χ0) is 14.7. The van der Waals surface area contributed by atoms with Gasteiger partial charge in [0.1, 0.15) is 0 Å². The Morgan fingerprint density at radius 2 is 1.70 bits per heavy atom. The van der Waals surface area contributed by atoms with Crippen molar-refractivity contribution in [3.8, 4) is 0 Å². The summed E-state index contributed by atoms with van der Waals surface area (Å²) in [5, 5.41) is 2.95. The van der Waals surface area contributed by atoms with Gasteiger partial charge in [-0.15, -0.1) is 0 Å². The van der Waals surface area contributed by atoms with Crippen molar-refractivity contribution in [3.05, 3.63) is 29.3 Å². The van der Waals surface area contributed by atoms with Crippen LogP contribution in [0.2, 0.25) is 0 Å². The quantitative estimate of drug-likeness (QED) is 0.801. The minimum Gasteiger partial charge on any atom is -0.356 e. The fraction of sp³-hybridized carbons (Fsp3) is 0.467. The SMILES string of the molecule is Cc1cccc(C)c1NC(=O)C(=S)N1CCN(C)CC1. The molecule has 0 unspecified atom stereocenters. The van der Waals surface area contributed by atoms with Crippen molar-refractivity contribution in [2.24, 2.45) is 0 Å². The van der Waals surface area contributed by atoms with Gasteiger partial charge in [-0.1, -0.05) is 30.4 Å². The lowest BCUT2D eigenvalue weighted by molar-refractivity contribution is -0.110. The minimum atomic E-state index is -0.179. The number of carbonyl (C=O) groups excluding carboxylic acids is 1. The first-order chi connectivity index (χ1) is 9.49. The van der Waals surface area contributed by atoms with Gasteiger partial charge in [0, 0.05) is 31.9 Å². The maximum Gasteiger partial charge on any atom is 0.283 e. The van der Waals surface area contributed by atoms with E-state index in [1.807, 2.05) is 36.9 Å². The van der Waals surface area contributed by atoms with E-state index in [-0.39, 0.29) is 5.91 Å². The van der Waals surface area contributed by atoms with Crippen LogP contribution in [0.25, 0.3) is 0 Å². The molecule has 0 radical (unpaired) electrons. The Labute approximate surface area is 125 Å². The number of hydrogen-bond donors (Lipinski definition) is 1. The van der Waals surface area contributed by atoms with Crippen molar-refractivity contribution in [2.75, 3.05) is 38.5 Å². The van der Waals surface area contributed by atoms with E-state index in [4.69, 9.17) is 12.2 Å². The number of anilines is 1. The summed E-state index contributed by atoms with van der Waals surface area (Å²) < 4.78 is 0. The Balaban J connectivity index is 2.03. The van der Waals surface area contributed by atoms with Crippen LogP contribution in [0.4, 0.5) is 5.69 Å². The summed E-state index contributed by atoms with van der Waals surface area (Å²) in [6.45, 7) is 7.49. The number of hydrogen-bond acceptors (Lipinski definition) is 3. The number of benzene rings is 1. The van der Waals surface area contributed by atoms with Gasteiger partial charge in [-0.2, -0.15) is 0 Å². The predicted molar refractivity (Wildman–Crippen MR) is 86.2 cm³/mol. The second-order valence-corrected chi connectivity index (χ2v) is 5.70. The lowest BCUT2D eigenvalue weighted by atomic mass is 10.1. The summed E-state index contributed by atoms with van der Waals surface area (Å²) >= 11 is 5.32. The van der Waals surface area contributed by atoms with Crippen LogP contribution in [-0.2, 0) is 4.79 Å². The number of amides is 1. The first-order valence-electron chi connectivity index (χ1n) is 6.84. The van der Waals surface area contributed by atoms with Gasteiger partial charge in [-0.25, -0.2) is 0 Å². The van der Waals surface area contributed by atoms with Crippen LogP contribution >= 0.6 is 12.2 Å². The van der Waals surface area contributed by atoms with Gasteiger partial charge in [0.05, 0.1) is 0 Å². The van der Waals surface area contributed by atoms with E-state index in [0.29, 0.717) is 4.99 Å². The number of para-hydroxylation sites is 1. The van der Waals surface area contributed by atoms with Gasteiger partial charge in [0.2, 0.25) is 0 Å². The molecular formula is C15H21N3OS. The summed E-state index contributed by atoms with van der Waals surface area (Å²) in [4.78, 5) is 16.9. The maximum atomic E-state index is 12.3. The van der Waals surface area contributed by atoms with Gasteiger partial charge in [0.25, 0.3) is 5.91 Å². The van der Waals surface area contributed by atoms with Crippen molar-refractivity contribution in [2.45, 2.75) is 13.8 Å². The average Bonchev–Trinajstić information content (AvgIpc) is 2.43. The molecule has 1 aliphatic rings. The number of piperazine rings is 1. The van der Waals surface area contributed by atoms with Crippen molar-refractivity contribution in [1.29, 1.82) is 0 Å². The molecule has 108 valence electrons. The number of rotatable bonds is 1. The van der Waals surface area contributed by atoms with Crippen LogP contribution in [0, 0.1) is 13.8 Å². The lowest BCUT2D eigenvalue weighted by Crippen LogP contribution is -2.49. The second kappa shape index (κ2) is 6.33. The summed E-state index contributed by atoms with van der Waals surface area (Å²) in [6.07, 6.45) is 0. The highest BCUT2D eigenvalue weighted by Gasteiger charge is 2.22. The molecule has 1 fully saturated rings. The molecule has 1 heterocycles. The molecule has 1 N–H and O–H groups in total. The molecule has 4 nitrogen and oxygen atoms in total. The fourth-order valence-electron chi connectivity index (χ4n) is 2.33. The molecule has 0 spiro atoms. The van der Waals surface area contributed by atoms with E-state index in [1.54, 1.807) is 0 Å². The third-order valence-corrected chi connectivity index (χ3v) is 4.15. The Morgan fingerprint density at radius 3 is 2.25 bits per heavy atom. The number of nitrogens with zero attached hydrogens (tertiary/aromatic N) is 2. The number of nitrogens with one attached hydrogen (secondary N) is 1. The highest BCUT2D eigenvalue weighted by Crippen LogP contribution is 2.19. The first kappa shape index (κ1) is 14.9. The van der Waals surface area contributed by atoms with E-state index in [1.165, 1.54) is 0 Å². The maximum absolute atomic E-state index is 12.3. The summed E-state index contributed by atoms with van der Waals surface area (Å²) in [5.74, 6) is -0.179. The standard InChI is InChI=1S/C15H21N3OS/c1-11-5-4-6-12(2)13(11)16-14(19)15(20)18-9-7-17(3)8-10-18/h4-6H,7-10H2,1-3H3,(H,16,19). The van der Waals surface area contributed by atoms with Gasteiger partial charge < -0.3 is 15.1 Å². The molecule has 5 heteroatoms. The van der Waals surface area contributed by atoms with Crippen LogP contribution in [0.1, 0.15) is 11.1 Å². The molecule has 1 aliphatic heterocycles. The Kier molecular flexibility index (Phi) is 4.73. The van der Waals surface area contributed by atoms with Crippen molar-refractivity contribution in [3.63, 3.8) is 0 Å². The van der Waals surface area contributed by atoms with Crippen LogP contribution in [0.3, 0.4) is 0 Å². The third-order valence-electron chi connectivity index (χ3n) is 3.70. The zero-order valence-corrected chi connectivity index (χ0v) is 13.1.